The van der Waals surface area contributed by atoms with Crippen LogP contribution in [-0.2, 0) is 47.6 Å². The molecule has 2 aromatic rings. The lowest BCUT2D eigenvalue weighted by Crippen LogP contribution is -2.59. The topological polar surface area (TPSA) is 164 Å². The van der Waals surface area contributed by atoms with Gasteiger partial charge in [-0.1, -0.05) is 48.5 Å². The number of fused-ring (bicyclic) bond motifs is 3. The zero-order valence-corrected chi connectivity index (χ0v) is 26.2. The quantitative estimate of drug-likeness (QED) is 0.191. The summed E-state index contributed by atoms with van der Waals surface area (Å²) in [5.74, 6) is -4.36. The maximum absolute atomic E-state index is 13.0. The van der Waals surface area contributed by atoms with E-state index in [0.29, 0.717) is 19.4 Å². The number of nitrogens with zero attached hydrogens (tertiary/aromatic N) is 1. The predicted octanol–water partition coefficient (Wildman–Crippen LogP) is 3.86. The van der Waals surface area contributed by atoms with E-state index in [1.807, 2.05) is 48.5 Å². The fourth-order valence-electron chi connectivity index (χ4n) is 6.04. The number of hydrogen-bond acceptors (Lipinski definition) is 11. The van der Waals surface area contributed by atoms with E-state index in [4.69, 9.17) is 28.4 Å². The molecule has 0 aromatic heterocycles. The van der Waals surface area contributed by atoms with Gasteiger partial charge in [-0.05, 0) is 35.1 Å². The van der Waals surface area contributed by atoms with E-state index in [2.05, 4.69) is 0 Å². The number of unbranched alkanes of at least 4 members (excludes halogenated alkanes) is 1. The average molecular weight is 642 g/mol. The van der Waals surface area contributed by atoms with Crippen molar-refractivity contribution in [2.24, 2.45) is 5.92 Å². The van der Waals surface area contributed by atoms with Gasteiger partial charge in [0.1, 0.15) is 18.8 Å². The number of carboxylic acids is 1. The monoisotopic (exact) mass is 641 g/mol. The molecule has 46 heavy (non-hydrogen) atoms. The molecule has 1 heterocycles. The molecule has 248 valence electrons. The minimum Gasteiger partial charge on any atom is -0.481 e. The van der Waals surface area contributed by atoms with Crippen molar-refractivity contribution in [2.45, 2.75) is 70.7 Å². The van der Waals surface area contributed by atoms with Gasteiger partial charge >= 0.3 is 30.0 Å². The van der Waals surface area contributed by atoms with Crippen molar-refractivity contribution in [2.75, 3.05) is 26.9 Å². The normalized spacial score (nSPS) is 21.8. The highest BCUT2D eigenvalue weighted by atomic mass is 16.7. The second-order valence-electron chi connectivity index (χ2n) is 11.1. The Labute approximate surface area is 266 Å². The number of esters is 3. The first-order chi connectivity index (χ1) is 22.0. The maximum atomic E-state index is 13.0. The van der Waals surface area contributed by atoms with Crippen LogP contribution in [-0.4, -0.2) is 91.4 Å². The molecule has 13 nitrogen and oxygen atoms in total. The van der Waals surface area contributed by atoms with Gasteiger partial charge in [0.2, 0.25) is 0 Å². The number of amides is 1. The molecule has 1 N–H and O–H groups in total. The molecule has 5 atom stereocenters. The van der Waals surface area contributed by atoms with Gasteiger partial charge in [0.05, 0.1) is 25.5 Å². The molecule has 1 aliphatic heterocycles. The smallest absolute Gasteiger partial charge is 0.410 e. The highest BCUT2D eigenvalue weighted by Crippen LogP contribution is 2.46. The highest BCUT2D eigenvalue weighted by Gasteiger charge is 2.51. The summed E-state index contributed by atoms with van der Waals surface area (Å²) >= 11 is 0. The van der Waals surface area contributed by atoms with Gasteiger partial charge in [-0.15, -0.1) is 0 Å². The van der Waals surface area contributed by atoms with Gasteiger partial charge in [0, 0.05) is 33.9 Å². The first-order valence-electron chi connectivity index (χ1n) is 15.0. The van der Waals surface area contributed by atoms with E-state index in [0.717, 1.165) is 36.1 Å². The molecule has 2 aliphatic rings. The lowest BCUT2D eigenvalue weighted by atomic mass is 9.88. The van der Waals surface area contributed by atoms with E-state index in [1.54, 1.807) is 4.90 Å². The Balaban J connectivity index is 1.48. The third kappa shape index (κ3) is 8.20. The summed E-state index contributed by atoms with van der Waals surface area (Å²) in [5.41, 5.74) is 4.10. The number of ether oxygens (including phenoxy) is 6. The number of carbonyl (C=O) groups excluding carboxylic acids is 4. The minimum absolute atomic E-state index is 0.0823. The Morgan fingerprint density at radius 1 is 0.826 bits per heavy atom. The highest BCUT2D eigenvalue weighted by molar-refractivity contribution is 5.81. The summed E-state index contributed by atoms with van der Waals surface area (Å²) in [4.78, 5) is 62.1. The van der Waals surface area contributed by atoms with E-state index in [9.17, 15) is 29.1 Å². The average Bonchev–Trinajstić information content (AvgIpc) is 3.33. The summed E-state index contributed by atoms with van der Waals surface area (Å²) in [6, 6.07) is 15.5. The second kappa shape index (κ2) is 15.7. The van der Waals surface area contributed by atoms with Gasteiger partial charge in [0.25, 0.3) is 0 Å². The molecule has 1 amide bonds. The lowest BCUT2D eigenvalue weighted by Gasteiger charge is -2.44. The lowest BCUT2D eigenvalue weighted by molar-refractivity contribution is -0.292. The molecule has 0 bridgehead atoms. The summed E-state index contributed by atoms with van der Waals surface area (Å²) < 4.78 is 33.1. The fourth-order valence-corrected chi connectivity index (χ4v) is 6.04. The Hall–Kier alpha value is -4.49. The minimum atomic E-state index is -1.26. The number of hydrogen-bond donors (Lipinski definition) is 1. The van der Waals surface area contributed by atoms with Crippen LogP contribution in [0.5, 0.6) is 0 Å². The summed E-state index contributed by atoms with van der Waals surface area (Å²) in [6.45, 7) is 3.52. The zero-order chi connectivity index (χ0) is 33.4. The molecule has 1 fully saturated rings. The second-order valence-corrected chi connectivity index (χ2v) is 11.1. The van der Waals surface area contributed by atoms with Gasteiger partial charge in [0.15, 0.2) is 12.4 Å². The van der Waals surface area contributed by atoms with Gasteiger partial charge in [-0.25, -0.2) is 4.79 Å². The molecule has 1 aliphatic carbocycles. The van der Waals surface area contributed by atoms with E-state index in [-0.39, 0.29) is 19.3 Å². The SMILES string of the molecule is COC(=O)N(CCCCO[C@H]1O[C@H](COC(C)=O)[C@H](OC(C)=O)[C@@H](OC(C)=O)[C@@H]1CC(=O)O)C1c2ccccc2-c2ccccc21. The standard InChI is InChI=1S/C33H39NO12/c1-19(35)43-18-27-31(45-21(3)37)30(44-20(2)36)26(17-28(38)39)32(46-27)42-16-10-9-15-34(33(40)41-4)29-24-13-7-5-11-22(24)23-12-6-8-14-25(23)29/h5-8,11-14,26-27,29-32H,9-10,15-18H2,1-4H3,(H,38,39)/t26-,27+,30-,31-,32-/m0/s1. The fraction of sp³-hybridized carbons (Fsp3) is 0.485. The van der Waals surface area contributed by atoms with Crippen LogP contribution in [0.2, 0.25) is 0 Å². The van der Waals surface area contributed by atoms with Crippen LogP contribution in [0.25, 0.3) is 11.1 Å². The van der Waals surface area contributed by atoms with Crippen LogP contribution in [0.15, 0.2) is 48.5 Å². The number of benzene rings is 2. The molecule has 0 unspecified atom stereocenters. The van der Waals surface area contributed by atoms with E-state index in [1.165, 1.54) is 14.0 Å². The number of carboxylic acid groups (broad SMARTS) is 1. The summed E-state index contributed by atoms with van der Waals surface area (Å²) in [6.07, 6.45) is -4.91. The molecule has 2 aromatic carbocycles. The van der Waals surface area contributed by atoms with Gasteiger partial charge < -0.3 is 33.5 Å². The van der Waals surface area contributed by atoms with E-state index >= 15 is 0 Å². The first kappa shape index (κ1) is 34.4. The zero-order valence-electron chi connectivity index (χ0n) is 26.2. The number of carbonyl (C=O) groups is 5. The predicted molar refractivity (Wildman–Crippen MR) is 160 cm³/mol. The van der Waals surface area contributed by atoms with Crippen molar-refractivity contribution in [3.05, 3.63) is 59.7 Å². The van der Waals surface area contributed by atoms with Crippen LogP contribution < -0.4 is 0 Å². The molecular weight excluding hydrogens is 602 g/mol. The van der Waals surface area contributed by atoms with Gasteiger partial charge in [-0.3, -0.25) is 24.1 Å². The van der Waals surface area contributed by atoms with Crippen molar-refractivity contribution in [3.63, 3.8) is 0 Å². The maximum Gasteiger partial charge on any atom is 0.410 e. The van der Waals surface area contributed by atoms with Gasteiger partial charge in [-0.2, -0.15) is 0 Å². The van der Waals surface area contributed by atoms with Crippen molar-refractivity contribution in [1.29, 1.82) is 0 Å². The van der Waals surface area contributed by atoms with Crippen molar-refractivity contribution < 1.29 is 57.5 Å². The number of methoxy groups -OCH3 is 1. The Bertz CT molecular complexity index is 1380. The first-order valence-corrected chi connectivity index (χ1v) is 15.0. The van der Waals surface area contributed by atoms with Crippen molar-refractivity contribution in [1.82, 2.24) is 4.90 Å². The van der Waals surface area contributed by atoms with Crippen molar-refractivity contribution >= 4 is 30.0 Å². The van der Waals surface area contributed by atoms with Crippen LogP contribution in [0, 0.1) is 5.92 Å². The molecule has 0 spiro atoms. The Morgan fingerprint density at radius 2 is 1.41 bits per heavy atom. The van der Waals surface area contributed by atoms with Crippen LogP contribution >= 0.6 is 0 Å². The molecule has 13 heteroatoms. The third-order valence-electron chi connectivity index (χ3n) is 7.83. The molecule has 4 rings (SSSR count). The Morgan fingerprint density at radius 3 is 1.96 bits per heavy atom. The van der Waals surface area contributed by atoms with Crippen molar-refractivity contribution in [3.8, 4) is 11.1 Å². The molecule has 0 radical (unpaired) electrons. The number of rotatable bonds is 13. The number of aliphatic carboxylic acids is 1. The Kier molecular flexibility index (Phi) is 11.7. The molecular formula is C33H39NO12. The largest absolute Gasteiger partial charge is 0.481 e. The van der Waals surface area contributed by atoms with Crippen LogP contribution in [0.3, 0.4) is 0 Å². The molecule has 1 saturated heterocycles. The third-order valence-corrected chi connectivity index (χ3v) is 7.83. The van der Waals surface area contributed by atoms with Crippen LogP contribution in [0.1, 0.15) is 57.2 Å². The molecule has 0 saturated carbocycles. The summed E-state index contributed by atoms with van der Waals surface area (Å²) in [5, 5.41) is 9.66. The van der Waals surface area contributed by atoms with E-state index < -0.39 is 66.9 Å². The summed E-state index contributed by atoms with van der Waals surface area (Å²) in [7, 11) is 1.34. The van der Waals surface area contributed by atoms with Crippen LogP contribution in [0.4, 0.5) is 4.79 Å².